The molecule has 134 valence electrons. The highest BCUT2D eigenvalue weighted by molar-refractivity contribution is 6.30. The number of amides is 1. The van der Waals surface area contributed by atoms with Gasteiger partial charge in [0, 0.05) is 28.9 Å². The first-order valence-corrected chi connectivity index (χ1v) is 8.82. The van der Waals surface area contributed by atoms with Crippen LogP contribution in [0.25, 0.3) is 5.57 Å². The molecule has 1 heterocycles. The zero-order valence-electron chi connectivity index (χ0n) is 15.4. The third-order valence-electron chi connectivity index (χ3n) is 4.73. The molecule has 0 aromatic heterocycles. The Bertz CT molecular complexity index is 898. The Labute approximate surface area is 159 Å². The second-order valence-corrected chi connectivity index (χ2v) is 7.46. The zero-order chi connectivity index (χ0) is 18.9. The van der Waals surface area contributed by atoms with Gasteiger partial charge < -0.3 is 4.90 Å². The van der Waals surface area contributed by atoms with Crippen LogP contribution in [0.1, 0.15) is 42.3 Å². The van der Waals surface area contributed by atoms with E-state index >= 15 is 0 Å². The summed E-state index contributed by atoms with van der Waals surface area (Å²) < 4.78 is 0. The van der Waals surface area contributed by atoms with E-state index in [9.17, 15) is 4.79 Å². The number of rotatable bonds is 3. The van der Waals surface area contributed by atoms with Crippen LogP contribution in [0.4, 0.5) is 5.69 Å². The summed E-state index contributed by atoms with van der Waals surface area (Å²) in [5.41, 5.74) is 7.58. The molecule has 0 unspecified atom stereocenters. The Hall–Kier alpha value is -2.59. The van der Waals surface area contributed by atoms with Crippen LogP contribution < -0.4 is 10.3 Å². The number of fused-ring (bicyclic) bond motifs is 1. The summed E-state index contributed by atoms with van der Waals surface area (Å²) in [6, 6.07) is 12.9. The lowest BCUT2D eigenvalue weighted by molar-refractivity contribution is 0.0955. The van der Waals surface area contributed by atoms with Crippen LogP contribution in [-0.4, -0.2) is 24.7 Å². The molecular weight excluding hydrogens is 346 g/mol. The van der Waals surface area contributed by atoms with Gasteiger partial charge >= 0.3 is 0 Å². The molecule has 0 saturated heterocycles. The molecule has 5 heteroatoms. The molecule has 1 aliphatic heterocycles. The quantitative estimate of drug-likeness (QED) is 0.629. The molecule has 1 amide bonds. The van der Waals surface area contributed by atoms with Crippen molar-refractivity contribution in [2.24, 2.45) is 5.10 Å². The zero-order valence-corrected chi connectivity index (χ0v) is 16.1. The number of likely N-dealkylation sites (N-methyl/N-ethyl adjacent to an activating group) is 1. The lowest BCUT2D eigenvalue weighted by Gasteiger charge is -2.40. The standard InChI is InChI=1S/C21H22ClN3O/c1-14-12-21(2,3)25(4)19-10-5-15(11-18(14)19)13-23-24-20(26)16-6-8-17(22)9-7-16/h5-13H,1-4H3,(H,24,26)/b23-13-. The van der Waals surface area contributed by atoms with Crippen LogP contribution in [-0.2, 0) is 0 Å². The maximum atomic E-state index is 12.1. The van der Waals surface area contributed by atoms with Crippen molar-refractivity contribution < 1.29 is 4.79 Å². The van der Waals surface area contributed by atoms with E-state index in [4.69, 9.17) is 11.6 Å². The third kappa shape index (κ3) is 3.65. The van der Waals surface area contributed by atoms with Crippen LogP contribution in [0.2, 0.25) is 5.02 Å². The van der Waals surface area contributed by atoms with Crippen molar-refractivity contribution in [3.05, 3.63) is 70.3 Å². The smallest absolute Gasteiger partial charge is 0.271 e. The molecule has 4 nitrogen and oxygen atoms in total. The van der Waals surface area contributed by atoms with Crippen molar-refractivity contribution in [3.63, 3.8) is 0 Å². The van der Waals surface area contributed by atoms with Crippen LogP contribution in [0.3, 0.4) is 0 Å². The van der Waals surface area contributed by atoms with Gasteiger partial charge in [0.1, 0.15) is 0 Å². The highest BCUT2D eigenvalue weighted by Gasteiger charge is 2.28. The SMILES string of the molecule is CC1=CC(C)(C)N(C)c2ccc(/C=N\NC(=O)c3ccc(Cl)cc3)cc21. The molecule has 0 spiro atoms. The van der Waals surface area contributed by atoms with E-state index < -0.39 is 0 Å². The van der Waals surface area contributed by atoms with Crippen LogP contribution in [0, 0.1) is 0 Å². The van der Waals surface area contributed by atoms with Crippen molar-refractivity contribution in [1.29, 1.82) is 0 Å². The molecule has 1 aliphatic rings. The summed E-state index contributed by atoms with van der Waals surface area (Å²) in [4.78, 5) is 14.3. The Morgan fingerprint density at radius 3 is 2.58 bits per heavy atom. The Morgan fingerprint density at radius 2 is 1.88 bits per heavy atom. The average Bonchev–Trinajstić information content (AvgIpc) is 2.60. The highest BCUT2D eigenvalue weighted by Crippen LogP contribution is 2.37. The molecular formula is C21H22ClN3O. The minimum Gasteiger partial charge on any atom is -0.366 e. The van der Waals surface area contributed by atoms with Crippen LogP contribution in [0.15, 0.2) is 53.6 Å². The molecule has 0 aliphatic carbocycles. The summed E-state index contributed by atoms with van der Waals surface area (Å²) in [6.07, 6.45) is 3.92. The first-order chi connectivity index (χ1) is 12.3. The number of allylic oxidation sites excluding steroid dienone is 1. The van der Waals surface area contributed by atoms with E-state index in [1.54, 1.807) is 30.5 Å². The molecule has 2 aromatic carbocycles. The summed E-state index contributed by atoms with van der Waals surface area (Å²) in [5, 5.41) is 4.66. The van der Waals surface area contributed by atoms with Gasteiger partial charge in [0.25, 0.3) is 5.91 Å². The first kappa shape index (κ1) is 18.2. The number of carbonyl (C=O) groups excluding carboxylic acids is 1. The number of nitrogens with zero attached hydrogens (tertiary/aromatic N) is 2. The molecule has 3 rings (SSSR count). The number of nitrogens with one attached hydrogen (secondary N) is 1. The second kappa shape index (κ2) is 6.96. The minimum absolute atomic E-state index is 0.0146. The largest absolute Gasteiger partial charge is 0.366 e. The summed E-state index contributed by atoms with van der Waals surface area (Å²) >= 11 is 5.83. The first-order valence-electron chi connectivity index (χ1n) is 8.44. The molecule has 0 saturated carbocycles. The van der Waals surface area contributed by atoms with Crippen molar-refractivity contribution in [2.75, 3.05) is 11.9 Å². The number of halogens is 1. The van der Waals surface area contributed by atoms with Crippen molar-refractivity contribution in [3.8, 4) is 0 Å². The topological polar surface area (TPSA) is 44.7 Å². The predicted octanol–water partition coefficient (Wildman–Crippen LogP) is 4.74. The van der Waals surface area contributed by atoms with E-state index in [2.05, 4.69) is 61.5 Å². The van der Waals surface area contributed by atoms with Crippen LogP contribution in [0.5, 0.6) is 0 Å². The molecule has 2 aromatic rings. The van der Waals surface area contributed by atoms with Crippen LogP contribution >= 0.6 is 11.6 Å². The van der Waals surface area contributed by atoms with Gasteiger partial charge in [-0.25, -0.2) is 5.43 Å². The number of hydrogen-bond donors (Lipinski definition) is 1. The van der Waals surface area contributed by atoms with Gasteiger partial charge in [0.15, 0.2) is 0 Å². The van der Waals surface area contributed by atoms with Gasteiger partial charge in [-0.05, 0) is 68.3 Å². The summed E-state index contributed by atoms with van der Waals surface area (Å²) in [7, 11) is 2.10. The van der Waals surface area contributed by atoms with Gasteiger partial charge in [0.2, 0.25) is 0 Å². The predicted molar refractivity (Wildman–Crippen MR) is 109 cm³/mol. The minimum atomic E-state index is -0.270. The number of hydrogen-bond acceptors (Lipinski definition) is 3. The van der Waals surface area contributed by atoms with Gasteiger partial charge in [-0.1, -0.05) is 23.7 Å². The fourth-order valence-corrected chi connectivity index (χ4v) is 3.21. The van der Waals surface area contributed by atoms with E-state index in [0.717, 1.165) is 5.56 Å². The van der Waals surface area contributed by atoms with Crippen molar-refractivity contribution in [2.45, 2.75) is 26.3 Å². The van der Waals surface area contributed by atoms with Gasteiger partial charge in [-0.3, -0.25) is 4.79 Å². The van der Waals surface area contributed by atoms with E-state index in [0.29, 0.717) is 10.6 Å². The number of hydrazone groups is 1. The Kier molecular flexibility index (Phi) is 4.88. The lowest BCUT2D eigenvalue weighted by Crippen LogP contribution is -2.42. The Morgan fingerprint density at radius 1 is 1.19 bits per heavy atom. The van der Waals surface area contributed by atoms with Crippen molar-refractivity contribution >= 4 is 35.0 Å². The van der Waals surface area contributed by atoms with Crippen molar-refractivity contribution in [1.82, 2.24) is 5.43 Å². The molecule has 0 atom stereocenters. The van der Waals surface area contributed by atoms with Gasteiger partial charge in [-0.2, -0.15) is 5.10 Å². The maximum Gasteiger partial charge on any atom is 0.271 e. The molecule has 0 bridgehead atoms. The van der Waals surface area contributed by atoms with E-state index in [-0.39, 0.29) is 11.4 Å². The lowest BCUT2D eigenvalue weighted by atomic mass is 9.89. The van der Waals surface area contributed by atoms with Gasteiger partial charge in [-0.15, -0.1) is 0 Å². The van der Waals surface area contributed by atoms with E-state index in [1.807, 2.05) is 6.07 Å². The molecule has 0 radical (unpaired) electrons. The summed E-state index contributed by atoms with van der Waals surface area (Å²) in [5.74, 6) is -0.270. The number of benzene rings is 2. The maximum absolute atomic E-state index is 12.1. The third-order valence-corrected chi connectivity index (χ3v) is 4.98. The van der Waals surface area contributed by atoms with Gasteiger partial charge in [0.05, 0.1) is 11.8 Å². The second-order valence-electron chi connectivity index (χ2n) is 7.02. The fourth-order valence-electron chi connectivity index (χ4n) is 3.09. The highest BCUT2D eigenvalue weighted by atomic mass is 35.5. The number of carbonyl (C=O) groups is 1. The molecule has 0 fully saturated rings. The normalized spacial score (nSPS) is 15.6. The Balaban J connectivity index is 1.75. The number of anilines is 1. The average molecular weight is 368 g/mol. The fraction of sp³-hybridized carbons (Fsp3) is 0.238. The monoisotopic (exact) mass is 367 g/mol. The van der Waals surface area contributed by atoms with E-state index in [1.165, 1.54) is 16.8 Å². The summed E-state index contributed by atoms with van der Waals surface area (Å²) in [6.45, 7) is 6.51. The molecule has 26 heavy (non-hydrogen) atoms. The molecule has 1 N–H and O–H groups in total.